The van der Waals surface area contributed by atoms with Crippen LogP contribution in [0.25, 0.3) is 5.03 Å². The van der Waals surface area contributed by atoms with Gasteiger partial charge in [-0.3, -0.25) is 10.1 Å². The number of rotatable bonds is 4. The smallest absolute Gasteiger partial charge is 0.233 e. The van der Waals surface area contributed by atoms with Crippen molar-refractivity contribution >= 4 is 28.0 Å². The molecule has 1 aromatic heterocycles. The van der Waals surface area contributed by atoms with Gasteiger partial charge in [0.1, 0.15) is 6.10 Å². The van der Waals surface area contributed by atoms with Gasteiger partial charge in [0.25, 0.3) is 0 Å². The molecule has 1 N–H and O–H groups in total. The third-order valence-corrected chi connectivity index (χ3v) is 2.78. The van der Waals surface area contributed by atoms with Gasteiger partial charge in [-0.2, -0.15) is 0 Å². The molecule has 4 nitrogen and oxygen atoms in total. The molecule has 0 radical (unpaired) electrons. The molecule has 0 aromatic carbocycles. The normalized spacial score (nSPS) is 14.0. The maximum Gasteiger partial charge on any atom is 0.233 e. The second kappa shape index (κ2) is 5.09. The van der Waals surface area contributed by atoms with Crippen molar-refractivity contribution in [3.63, 3.8) is 0 Å². The van der Waals surface area contributed by atoms with Gasteiger partial charge in [-0.1, -0.05) is 17.7 Å². The molecule has 1 atom stereocenters. The highest BCUT2D eigenvalue weighted by molar-refractivity contribution is 7.12. The summed E-state index contributed by atoms with van der Waals surface area (Å²) in [4.78, 5) is 10.3. The SMILES string of the molecule is O=[N+]([O-])C[C@@H](O)/C=C(/Cl)c1cccs1. The van der Waals surface area contributed by atoms with Gasteiger partial charge in [0.2, 0.25) is 6.54 Å². The van der Waals surface area contributed by atoms with E-state index in [9.17, 15) is 15.2 Å². The predicted octanol–water partition coefficient (Wildman–Crippen LogP) is 1.97. The molecule has 0 amide bonds. The molecule has 0 unspecified atom stereocenters. The van der Waals surface area contributed by atoms with Gasteiger partial charge in [0.15, 0.2) is 0 Å². The molecule has 14 heavy (non-hydrogen) atoms. The van der Waals surface area contributed by atoms with Crippen LogP contribution < -0.4 is 0 Å². The van der Waals surface area contributed by atoms with Crippen LogP contribution in [0.5, 0.6) is 0 Å². The van der Waals surface area contributed by atoms with Crippen LogP contribution in [0.2, 0.25) is 0 Å². The second-order valence-corrected chi connectivity index (χ2v) is 3.93. The van der Waals surface area contributed by atoms with E-state index in [1.54, 1.807) is 6.07 Å². The van der Waals surface area contributed by atoms with E-state index in [1.807, 2.05) is 11.4 Å². The zero-order valence-electron chi connectivity index (χ0n) is 7.09. The van der Waals surface area contributed by atoms with Gasteiger partial charge in [-0.25, -0.2) is 0 Å². The molecule has 76 valence electrons. The van der Waals surface area contributed by atoms with Gasteiger partial charge >= 0.3 is 0 Å². The largest absolute Gasteiger partial charge is 0.382 e. The zero-order valence-corrected chi connectivity index (χ0v) is 8.66. The Labute approximate surface area is 89.6 Å². The van der Waals surface area contributed by atoms with E-state index < -0.39 is 17.6 Å². The fourth-order valence-electron chi connectivity index (χ4n) is 0.871. The summed E-state index contributed by atoms with van der Waals surface area (Å²) in [5.41, 5.74) is 0. The number of hydrogen-bond acceptors (Lipinski definition) is 4. The third-order valence-electron chi connectivity index (χ3n) is 1.43. The van der Waals surface area contributed by atoms with Crippen LogP contribution in [0.15, 0.2) is 23.6 Å². The molecule has 0 fully saturated rings. The fraction of sp³-hybridized carbons (Fsp3) is 0.250. The van der Waals surface area contributed by atoms with E-state index >= 15 is 0 Å². The number of hydrogen-bond donors (Lipinski definition) is 1. The highest BCUT2D eigenvalue weighted by Crippen LogP contribution is 2.23. The quantitative estimate of drug-likeness (QED) is 0.639. The van der Waals surface area contributed by atoms with Crippen LogP contribution >= 0.6 is 22.9 Å². The van der Waals surface area contributed by atoms with E-state index in [0.29, 0.717) is 5.03 Å². The number of halogens is 1. The van der Waals surface area contributed by atoms with E-state index in [0.717, 1.165) is 4.88 Å². The third kappa shape index (κ3) is 3.45. The fourth-order valence-corrected chi connectivity index (χ4v) is 1.85. The standard InChI is InChI=1S/C8H8ClNO3S/c9-7(8-2-1-3-14-8)4-6(11)5-10(12)13/h1-4,6,11H,5H2/b7-4+/t6-/m0/s1. The van der Waals surface area contributed by atoms with Crippen LogP contribution in [0, 0.1) is 10.1 Å². The van der Waals surface area contributed by atoms with E-state index in [-0.39, 0.29) is 0 Å². The van der Waals surface area contributed by atoms with Crippen LogP contribution in [0.1, 0.15) is 4.88 Å². The molecule has 1 aromatic rings. The molecule has 0 aliphatic rings. The highest BCUT2D eigenvalue weighted by atomic mass is 35.5. The van der Waals surface area contributed by atoms with E-state index in [1.165, 1.54) is 17.4 Å². The van der Waals surface area contributed by atoms with Crippen molar-refractivity contribution in [1.82, 2.24) is 0 Å². The Kier molecular flexibility index (Phi) is 4.06. The zero-order chi connectivity index (χ0) is 10.6. The number of aliphatic hydroxyl groups excluding tert-OH is 1. The lowest BCUT2D eigenvalue weighted by molar-refractivity contribution is -0.487. The summed E-state index contributed by atoms with van der Waals surface area (Å²) >= 11 is 7.23. The van der Waals surface area contributed by atoms with Crippen LogP contribution in [-0.2, 0) is 0 Å². The summed E-state index contributed by atoms with van der Waals surface area (Å²) in [7, 11) is 0. The van der Waals surface area contributed by atoms with Crippen molar-refractivity contribution in [2.75, 3.05) is 6.54 Å². The Hall–Kier alpha value is -0.910. The van der Waals surface area contributed by atoms with Crippen LogP contribution in [0.4, 0.5) is 0 Å². The van der Waals surface area contributed by atoms with Crippen molar-refractivity contribution in [1.29, 1.82) is 0 Å². The molecule has 0 bridgehead atoms. The number of thiophene rings is 1. The lowest BCUT2D eigenvalue weighted by atomic mass is 10.3. The summed E-state index contributed by atoms with van der Waals surface area (Å²) in [5, 5.41) is 21.4. The Bertz CT molecular complexity index is 336. The van der Waals surface area contributed by atoms with E-state index in [2.05, 4.69) is 0 Å². The molecule has 0 saturated carbocycles. The first-order valence-electron chi connectivity index (χ1n) is 3.80. The molecular formula is C8H8ClNO3S. The van der Waals surface area contributed by atoms with Crippen molar-refractivity contribution < 1.29 is 10.0 Å². The van der Waals surface area contributed by atoms with E-state index in [4.69, 9.17) is 11.6 Å². The average molecular weight is 234 g/mol. The molecule has 1 heterocycles. The minimum Gasteiger partial charge on any atom is -0.382 e. The Balaban J connectivity index is 2.64. The average Bonchev–Trinajstić information content (AvgIpc) is 2.53. The van der Waals surface area contributed by atoms with Gasteiger partial charge in [-0.05, 0) is 17.5 Å². The summed E-state index contributed by atoms with van der Waals surface area (Å²) in [6.07, 6.45) is 0.135. The summed E-state index contributed by atoms with van der Waals surface area (Å²) in [6.45, 7) is -0.526. The molecule has 0 spiro atoms. The lowest BCUT2D eigenvalue weighted by Crippen LogP contribution is -2.16. The van der Waals surface area contributed by atoms with Gasteiger partial charge < -0.3 is 5.11 Å². The molecule has 1 rings (SSSR count). The van der Waals surface area contributed by atoms with Gasteiger partial charge in [0.05, 0.1) is 5.03 Å². The van der Waals surface area contributed by atoms with Gasteiger partial charge in [0, 0.05) is 9.80 Å². The molecule has 0 aliphatic heterocycles. The predicted molar refractivity (Wildman–Crippen MR) is 56.0 cm³/mol. The molecular weight excluding hydrogens is 226 g/mol. The minimum atomic E-state index is -1.14. The molecule has 6 heteroatoms. The van der Waals surface area contributed by atoms with Crippen molar-refractivity contribution in [3.05, 3.63) is 38.6 Å². The number of aliphatic hydroxyl groups is 1. The molecule has 0 aliphatic carbocycles. The topological polar surface area (TPSA) is 63.4 Å². The summed E-state index contributed by atoms with van der Waals surface area (Å²) < 4.78 is 0. The lowest BCUT2D eigenvalue weighted by Gasteiger charge is -2.00. The second-order valence-electron chi connectivity index (χ2n) is 2.57. The Morgan fingerprint density at radius 3 is 3.07 bits per heavy atom. The van der Waals surface area contributed by atoms with Crippen molar-refractivity contribution in [3.8, 4) is 0 Å². The monoisotopic (exact) mass is 233 g/mol. The maximum absolute atomic E-state index is 10.1. The number of nitrogens with zero attached hydrogens (tertiary/aromatic N) is 1. The Morgan fingerprint density at radius 1 is 1.86 bits per heavy atom. The molecule has 0 saturated heterocycles. The Morgan fingerprint density at radius 2 is 2.57 bits per heavy atom. The minimum absolute atomic E-state index is 0.342. The van der Waals surface area contributed by atoms with Crippen molar-refractivity contribution in [2.24, 2.45) is 0 Å². The van der Waals surface area contributed by atoms with Gasteiger partial charge in [-0.15, -0.1) is 11.3 Å². The highest BCUT2D eigenvalue weighted by Gasteiger charge is 2.10. The van der Waals surface area contributed by atoms with Crippen LogP contribution in [-0.4, -0.2) is 22.7 Å². The first-order chi connectivity index (χ1) is 6.59. The summed E-state index contributed by atoms with van der Waals surface area (Å²) in [6, 6.07) is 3.60. The van der Waals surface area contributed by atoms with Crippen LogP contribution in [0.3, 0.4) is 0 Å². The maximum atomic E-state index is 10.1. The summed E-state index contributed by atoms with van der Waals surface area (Å²) in [5.74, 6) is 0. The van der Waals surface area contributed by atoms with Crippen molar-refractivity contribution in [2.45, 2.75) is 6.10 Å². The first-order valence-corrected chi connectivity index (χ1v) is 5.06. The number of nitro groups is 1. The first kappa shape index (κ1) is 11.2.